The Hall–Kier alpha value is -2.87. The van der Waals surface area contributed by atoms with Gasteiger partial charge in [0.15, 0.2) is 6.61 Å². The summed E-state index contributed by atoms with van der Waals surface area (Å²) in [4.78, 5) is 23.2. The van der Waals surface area contributed by atoms with Crippen LogP contribution in [0, 0.1) is 6.92 Å². The van der Waals surface area contributed by atoms with Gasteiger partial charge in [0.25, 0.3) is 5.91 Å². The van der Waals surface area contributed by atoms with Crippen LogP contribution in [0.1, 0.15) is 11.5 Å². The highest BCUT2D eigenvalue weighted by molar-refractivity contribution is 5.77. The van der Waals surface area contributed by atoms with Gasteiger partial charge in [0, 0.05) is 30.9 Å². The average molecular weight is 372 g/mol. The lowest BCUT2D eigenvalue weighted by Gasteiger charge is -2.28. The fourth-order valence-corrected chi connectivity index (χ4v) is 2.71. The largest absolute Gasteiger partial charge is 0.497 e. The number of carbonyl (C=O) groups is 1. The second-order valence-corrected chi connectivity index (χ2v) is 6.13. The van der Waals surface area contributed by atoms with E-state index in [1.165, 1.54) is 0 Å². The van der Waals surface area contributed by atoms with Gasteiger partial charge in [-0.25, -0.2) is 9.97 Å². The Labute approximate surface area is 158 Å². The number of nitrogens with one attached hydrogen (secondary N) is 1. The Balaban J connectivity index is 1.52. The zero-order chi connectivity index (χ0) is 19.1. The fourth-order valence-electron chi connectivity index (χ4n) is 2.71. The van der Waals surface area contributed by atoms with E-state index in [-0.39, 0.29) is 19.1 Å². The lowest BCUT2D eigenvalue weighted by atomic mass is 10.3. The van der Waals surface area contributed by atoms with Crippen molar-refractivity contribution >= 4 is 11.7 Å². The molecule has 8 heteroatoms. The van der Waals surface area contributed by atoms with Gasteiger partial charge in [-0.15, -0.1) is 0 Å². The summed E-state index contributed by atoms with van der Waals surface area (Å²) in [5, 5.41) is 2.79. The van der Waals surface area contributed by atoms with Crippen LogP contribution in [0.5, 0.6) is 11.5 Å². The molecule has 0 spiro atoms. The average Bonchev–Trinajstić information content (AvgIpc) is 2.71. The molecule has 1 aliphatic heterocycles. The maximum atomic E-state index is 12.1. The molecule has 2 aromatic rings. The molecule has 0 saturated carbocycles. The molecule has 0 bridgehead atoms. The van der Waals surface area contributed by atoms with Crippen LogP contribution in [0.15, 0.2) is 30.3 Å². The molecule has 8 nitrogen and oxygen atoms in total. The van der Waals surface area contributed by atoms with E-state index in [0.29, 0.717) is 30.5 Å². The van der Waals surface area contributed by atoms with Gasteiger partial charge < -0.3 is 24.4 Å². The van der Waals surface area contributed by atoms with Crippen LogP contribution in [0.2, 0.25) is 0 Å². The number of hydrogen-bond acceptors (Lipinski definition) is 7. The summed E-state index contributed by atoms with van der Waals surface area (Å²) < 4.78 is 16.0. The van der Waals surface area contributed by atoms with Crippen LogP contribution in [0.25, 0.3) is 0 Å². The molecule has 27 heavy (non-hydrogen) atoms. The zero-order valence-corrected chi connectivity index (χ0v) is 15.6. The highest BCUT2D eigenvalue weighted by Crippen LogP contribution is 2.18. The maximum absolute atomic E-state index is 12.1. The molecule has 0 radical (unpaired) electrons. The van der Waals surface area contributed by atoms with Crippen LogP contribution < -0.4 is 19.7 Å². The smallest absolute Gasteiger partial charge is 0.258 e. The van der Waals surface area contributed by atoms with Gasteiger partial charge in [-0.2, -0.15) is 0 Å². The van der Waals surface area contributed by atoms with Crippen molar-refractivity contribution in [3.05, 3.63) is 41.9 Å². The first-order chi connectivity index (χ1) is 13.1. The molecule has 1 saturated heterocycles. The van der Waals surface area contributed by atoms with Gasteiger partial charge in [-0.1, -0.05) is 6.07 Å². The minimum Gasteiger partial charge on any atom is -0.497 e. The fraction of sp³-hybridized carbons (Fsp3) is 0.421. The molecule has 1 aromatic carbocycles. The summed E-state index contributed by atoms with van der Waals surface area (Å²) in [6.07, 6.45) is 0. The van der Waals surface area contributed by atoms with Gasteiger partial charge in [0.05, 0.1) is 26.9 Å². The number of aromatic nitrogens is 2. The summed E-state index contributed by atoms with van der Waals surface area (Å²) in [7, 11) is 1.58. The van der Waals surface area contributed by atoms with Crippen LogP contribution in [0.4, 0.5) is 5.82 Å². The van der Waals surface area contributed by atoms with E-state index < -0.39 is 0 Å². The van der Waals surface area contributed by atoms with Crippen LogP contribution >= 0.6 is 0 Å². The van der Waals surface area contributed by atoms with Gasteiger partial charge in [0.2, 0.25) is 0 Å². The molecule has 1 aromatic heterocycles. The van der Waals surface area contributed by atoms with Crippen molar-refractivity contribution in [1.29, 1.82) is 0 Å². The van der Waals surface area contributed by atoms with Gasteiger partial charge in [-0.3, -0.25) is 4.79 Å². The molecule has 1 N–H and O–H groups in total. The summed E-state index contributed by atoms with van der Waals surface area (Å²) in [5.41, 5.74) is 0.864. The first-order valence-electron chi connectivity index (χ1n) is 8.85. The Bertz CT molecular complexity index is 778. The van der Waals surface area contributed by atoms with E-state index in [1.54, 1.807) is 25.3 Å². The van der Waals surface area contributed by atoms with Gasteiger partial charge in [-0.05, 0) is 19.1 Å². The van der Waals surface area contributed by atoms with E-state index >= 15 is 0 Å². The summed E-state index contributed by atoms with van der Waals surface area (Å²) in [6.45, 7) is 5.07. The Kier molecular flexibility index (Phi) is 6.43. The lowest BCUT2D eigenvalue weighted by Crippen LogP contribution is -2.37. The summed E-state index contributed by atoms with van der Waals surface area (Å²) in [5.74, 6) is 2.45. The van der Waals surface area contributed by atoms with Crippen LogP contribution in [-0.4, -0.2) is 55.9 Å². The van der Waals surface area contributed by atoms with Crippen molar-refractivity contribution in [2.45, 2.75) is 13.5 Å². The number of benzene rings is 1. The number of nitrogens with zero attached hydrogens (tertiary/aromatic N) is 3. The molecular formula is C19H24N4O4. The quantitative estimate of drug-likeness (QED) is 0.785. The normalized spacial score (nSPS) is 13.9. The second-order valence-electron chi connectivity index (χ2n) is 6.13. The molecule has 1 amide bonds. The predicted octanol–water partition coefficient (Wildman–Crippen LogP) is 1.33. The van der Waals surface area contributed by atoms with E-state index in [9.17, 15) is 4.79 Å². The standard InChI is InChI=1S/C19H24N4O4/c1-14-10-18(23-6-8-26-9-7-23)22-17(21-14)12-20-19(24)13-27-16-5-3-4-15(11-16)25-2/h3-5,10-11H,6-9,12-13H2,1-2H3,(H,20,24). The third kappa shape index (κ3) is 5.55. The number of methoxy groups -OCH3 is 1. The number of amides is 1. The molecule has 1 aliphatic rings. The van der Waals surface area contributed by atoms with E-state index in [2.05, 4.69) is 20.2 Å². The molecular weight excluding hydrogens is 348 g/mol. The maximum Gasteiger partial charge on any atom is 0.258 e. The van der Waals surface area contributed by atoms with E-state index in [0.717, 1.165) is 24.6 Å². The van der Waals surface area contributed by atoms with Crippen LogP contribution in [-0.2, 0) is 16.1 Å². The lowest BCUT2D eigenvalue weighted by molar-refractivity contribution is -0.123. The summed E-state index contributed by atoms with van der Waals surface area (Å²) >= 11 is 0. The Morgan fingerprint density at radius 1 is 1.22 bits per heavy atom. The minimum absolute atomic E-state index is 0.0880. The van der Waals surface area contributed by atoms with Crippen LogP contribution in [0.3, 0.4) is 0 Å². The number of carbonyl (C=O) groups excluding carboxylic acids is 1. The SMILES string of the molecule is COc1cccc(OCC(=O)NCc2nc(C)cc(N3CCOCC3)n2)c1. The molecule has 3 rings (SSSR count). The number of anilines is 1. The molecule has 0 atom stereocenters. The van der Waals surface area contributed by atoms with Gasteiger partial charge >= 0.3 is 0 Å². The first-order valence-corrected chi connectivity index (χ1v) is 8.85. The summed E-state index contributed by atoms with van der Waals surface area (Å²) in [6, 6.07) is 9.07. The first kappa shape index (κ1) is 18.9. The zero-order valence-electron chi connectivity index (χ0n) is 15.6. The van der Waals surface area contributed by atoms with Gasteiger partial charge in [0.1, 0.15) is 23.1 Å². The second kappa shape index (κ2) is 9.18. The molecule has 144 valence electrons. The van der Waals surface area contributed by atoms with E-state index in [4.69, 9.17) is 14.2 Å². The molecule has 1 fully saturated rings. The number of hydrogen-bond donors (Lipinski definition) is 1. The third-order valence-electron chi connectivity index (χ3n) is 4.08. The van der Waals surface area contributed by atoms with Crippen molar-refractivity contribution in [1.82, 2.24) is 15.3 Å². The predicted molar refractivity (Wildman–Crippen MR) is 100 cm³/mol. The molecule has 2 heterocycles. The monoisotopic (exact) mass is 372 g/mol. The number of rotatable bonds is 7. The third-order valence-corrected chi connectivity index (χ3v) is 4.08. The topological polar surface area (TPSA) is 85.8 Å². The minimum atomic E-state index is -0.240. The highest BCUT2D eigenvalue weighted by Gasteiger charge is 2.14. The Morgan fingerprint density at radius 3 is 2.78 bits per heavy atom. The number of morpholine rings is 1. The van der Waals surface area contributed by atoms with Crippen molar-refractivity contribution in [2.24, 2.45) is 0 Å². The van der Waals surface area contributed by atoms with Crippen molar-refractivity contribution in [3.63, 3.8) is 0 Å². The van der Waals surface area contributed by atoms with Crippen molar-refractivity contribution in [2.75, 3.05) is 44.9 Å². The number of ether oxygens (including phenoxy) is 3. The van der Waals surface area contributed by atoms with Crippen molar-refractivity contribution < 1.29 is 19.0 Å². The molecule has 0 aliphatic carbocycles. The molecule has 0 unspecified atom stereocenters. The van der Waals surface area contributed by atoms with Crippen molar-refractivity contribution in [3.8, 4) is 11.5 Å². The number of aryl methyl sites for hydroxylation is 1. The van der Waals surface area contributed by atoms with E-state index in [1.807, 2.05) is 19.1 Å². The highest BCUT2D eigenvalue weighted by atomic mass is 16.5. The Morgan fingerprint density at radius 2 is 2.00 bits per heavy atom.